The van der Waals surface area contributed by atoms with Crippen molar-refractivity contribution in [3.63, 3.8) is 0 Å². The maximum atomic E-state index is 12.3. The van der Waals surface area contributed by atoms with Crippen LogP contribution in [0.25, 0.3) is 0 Å². The molecule has 8 atom stereocenters. The van der Waals surface area contributed by atoms with Crippen molar-refractivity contribution in [1.82, 2.24) is 0 Å². The van der Waals surface area contributed by atoms with Gasteiger partial charge in [-0.25, -0.2) is 0 Å². The minimum atomic E-state index is -1.39. The van der Waals surface area contributed by atoms with Crippen LogP contribution in [-0.2, 0) is 19.1 Å². The van der Waals surface area contributed by atoms with Crippen LogP contribution in [-0.4, -0.2) is 85.6 Å². The van der Waals surface area contributed by atoms with E-state index < -0.39 is 67.2 Å². The first-order valence-electron chi connectivity index (χ1n) is 12.9. The predicted octanol–water partition coefficient (Wildman–Crippen LogP) is 1.28. The third-order valence-corrected chi connectivity index (χ3v) is 6.61. The van der Waals surface area contributed by atoms with Gasteiger partial charge in [0, 0.05) is 13.0 Å². The summed E-state index contributed by atoms with van der Waals surface area (Å²) in [6, 6.07) is 0. The van der Waals surface area contributed by atoms with Gasteiger partial charge in [-0.3, -0.25) is 14.4 Å². The minimum absolute atomic E-state index is 0.0260. The van der Waals surface area contributed by atoms with Crippen molar-refractivity contribution >= 4 is 17.9 Å². The number of unbranched alkanes of at least 4 members (excludes halogenated alkanes) is 2. The highest BCUT2D eigenvalue weighted by Gasteiger charge is 2.32. The molecular weight excluding hydrogens is 474 g/mol. The summed E-state index contributed by atoms with van der Waals surface area (Å²) in [6.07, 6.45) is -1.27. The number of carbonyl (C=O) groups is 3. The Morgan fingerprint density at radius 2 is 1.44 bits per heavy atom. The number of hydrogen-bond acceptors (Lipinski definition) is 9. The van der Waals surface area contributed by atoms with Gasteiger partial charge >= 0.3 is 17.9 Å². The second-order valence-electron chi connectivity index (χ2n) is 9.98. The number of carboxylic acids is 2. The van der Waals surface area contributed by atoms with E-state index in [-0.39, 0.29) is 24.8 Å². The zero-order valence-corrected chi connectivity index (χ0v) is 21.8. The lowest BCUT2D eigenvalue weighted by Crippen LogP contribution is -2.38. The van der Waals surface area contributed by atoms with Crippen molar-refractivity contribution in [3.05, 3.63) is 0 Å². The topological polar surface area (TPSA) is 208 Å². The summed E-state index contributed by atoms with van der Waals surface area (Å²) in [5.41, 5.74) is 5.31. The van der Waals surface area contributed by atoms with Crippen LogP contribution in [0, 0.1) is 17.8 Å². The Morgan fingerprint density at radius 1 is 0.833 bits per heavy atom. The van der Waals surface area contributed by atoms with E-state index in [1.165, 1.54) is 0 Å². The number of esters is 1. The van der Waals surface area contributed by atoms with Gasteiger partial charge < -0.3 is 41.1 Å². The van der Waals surface area contributed by atoms with Crippen LogP contribution >= 0.6 is 0 Å². The Labute approximate surface area is 213 Å². The van der Waals surface area contributed by atoms with E-state index in [2.05, 4.69) is 0 Å². The summed E-state index contributed by atoms with van der Waals surface area (Å²) in [7, 11) is 0. The summed E-state index contributed by atoms with van der Waals surface area (Å²) in [5, 5.41) is 58.1. The number of aliphatic hydroxyl groups excluding tert-OH is 4. The zero-order valence-electron chi connectivity index (χ0n) is 21.8. The first kappa shape index (κ1) is 34.2. The molecule has 8 N–H and O–H groups in total. The fourth-order valence-corrected chi connectivity index (χ4v) is 4.08. The molecule has 0 aliphatic rings. The SMILES string of the molecule is CC[C@H](C)[C@H](OC(=O)C[C@@H](CC(=O)O)C(=O)O)[C@H](O)C[C@H](C)CCCCC[C@H](O)[C@H](O)C[C@H](O)CN. The summed E-state index contributed by atoms with van der Waals surface area (Å²) in [5.74, 6) is -5.02. The normalized spacial score (nSPS) is 18.3. The predicted molar refractivity (Wildman–Crippen MR) is 132 cm³/mol. The number of carbonyl (C=O) groups excluding carboxylic acids is 1. The molecule has 0 heterocycles. The molecule has 212 valence electrons. The molecule has 11 nitrogen and oxygen atoms in total. The van der Waals surface area contributed by atoms with Crippen LogP contribution in [0.4, 0.5) is 0 Å². The highest BCUT2D eigenvalue weighted by Crippen LogP contribution is 2.24. The summed E-state index contributed by atoms with van der Waals surface area (Å²) < 4.78 is 5.43. The van der Waals surface area contributed by atoms with E-state index >= 15 is 0 Å². The average Bonchev–Trinajstić information content (AvgIpc) is 2.80. The summed E-state index contributed by atoms with van der Waals surface area (Å²) in [6.45, 7) is 5.70. The molecule has 0 fully saturated rings. The van der Waals surface area contributed by atoms with Crippen LogP contribution in [0.2, 0.25) is 0 Å². The molecule has 0 saturated carbocycles. The number of aliphatic carboxylic acids is 2. The van der Waals surface area contributed by atoms with E-state index in [4.69, 9.17) is 20.7 Å². The molecule has 0 spiro atoms. The van der Waals surface area contributed by atoms with Gasteiger partial charge in [0.2, 0.25) is 0 Å². The van der Waals surface area contributed by atoms with Crippen molar-refractivity contribution in [1.29, 1.82) is 0 Å². The Hall–Kier alpha value is -1.79. The lowest BCUT2D eigenvalue weighted by Gasteiger charge is -2.30. The van der Waals surface area contributed by atoms with E-state index in [1.54, 1.807) is 0 Å². The Kier molecular flexibility index (Phi) is 17.5. The molecule has 0 aromatic heterocycles. The van der Waals surface area contributed by atoms with E-state index in [0.717, 1.165) is 19.3 Å². The molecule has 0 aliphatic carbocycles. The second-order valence-corrected chi connectivity index (χ2v) is 9.98. The van der Waals surface area contributed by atoms with Crippen molar-refractivity contribution in [2.45, 2.75) is 115 Å². The highest BCUT2D eigenvalue weighted by atomic mass is 16.6. The number of nitrogens with two attached hydrogens (primary N) is 1. The molecule has 0 aromatic rings. The number of hydrogen-bond donors (Lipinski definition) is 7. The first-order valence-corrected chi connectivity index (χ1v) is 12.9. The van der Waals surface area contributed by atoms with Crippen LogP contribution in [0.5, 0.6) is 0 Å². The lowest BCUT2D eigenvalue weighted by molar-refractivity contribution is -0.164. The van der Waals surface area contributed by atoms with Gasteiger partial charge in [-0.05, 0) is 31.1 Å². The monoisotopic (exact) mass is 521 g/mol. The Morgan fingerprint density at radius 3 is 1.97 bits per heavy atom. The number of carboxylic acid groups (broad SMARTS) is 2. The highest BCUT2D eigenvalue weighted by molar-refractivity contribution is 5.82. The molecule has 11 heteroatoms. The van der Waals surface area contributed by atoms with Gasteiger partial charge in [0.25, 0.3) is 0 Å². The maximum Gasteiger partial charge on any atom is 0.307 e. The molecule has 0 rings (SSSR count). The quantitative estimate of drug-likeness (QED) is 0.0845. The van der Waals surface area contributed by atoms with E-state index in [0.29, 0.717) is 25.7 Å². The number of ether oxygens (including phenoxy) is 1. The summed E-state index contributed by atoms with van der Waals surface area (Å²) in [4.78, 5) is 34.4. The fourth-order valence-electron chi connectivity index (χ4n) is 4.08. The molecule has 0 radical (unpaired) electrons. The Balaban J connectivity index is 4.60. The van der Waals surface area contributed by atoms with Crippen LogP contribution in [0.15, 0.2) is 0 Å². The smallest absolute Gasteiger partial charge is 0.307 e. The third kappa shape index (κ3) is 14.7. The van der Waals surface area contributed by atoms with Gasteiger partial charge in [-0.2, -0.15) is 0 Å². The van der Waals surface area contributed by atoms with Crippen molar-refractivity contribution in [3.8, 4) is 0 Å². The molecule has 36 heavy (non-hydrogen) atoms. The molecule has 0 bridgehead atoms. The largest absolute Gasteiger partial charge is 0.481 e. The Bertz CT molecular complexity index is 646. The zero-order chi connectivity index (χ0) is 27.8. The molecule has 0 unspecified atom stereocenters. The fraction of sp³-hybridized carbons (Fsp3) is 0.880. The molecule has 0 aliphatic heterocycles. The van der Waals surface area contributed by atoms with E-state index in [1.807, 2.05) is 20.8 Å². The number of aliphatic hydroxyl groups is 4. The third-order valence-electron chi connectivity index (χ3n) is 6.61. The number of rotatable bonds is 21. The molecule has 0 aromatic carbocycles. The second kappa shape index (κ2) is 18.5. The van der Waals surface area contributed by atoms with Gasteiger partial charge in [-0.15, -0.1) is 0 Å². The van der Waals surface area contributed by atoms with Crippen LogP contribution in [0.1, 0.15) is 85.0 Å². The molecule has 0 amide bonds. The maximum absolute atomic E-state index is 12.3. The standard InChI is InChI=1S/C25H47NO10/c1-4-16(3)24(36-23(33)12-17(25(34)35)11-22(31)32)21(30)10-15(2)8-6-5-7-9-19(28)20(29)13-18(27)14-26/h15-21,24,27-30H,4-14,26H2,1-3H3,(H,31,32)(H,34,35)/t15-,16+,17-,18+,19+,20-,21-,24+/m1/s1. The summed E-state index contributed by atoms with van der Waals surface area (Å²) >= 11 is 0. The molecular formula is C25H47NO10. The van der Waals surface area contributed by atoms with Gasteiger partial charge in [0.15, 0.2) is 0 Å². The van der Waals surface area contributed by atoms with Gasteiger partial charge in [0.1, 0.15) is 6.10 Å². The first-order chi connectivity index (χ1) is 16.8. The van der Waals surface area contributed by atoms with Gasteiger partial charge in [0.05, 0.1) is 43.2 Å². The molecule has 0 saturated heterocycles. The minimum Gasteiger partial charge on any atom is -0.481 e. The van der Waals surface area contributed by atoms with Crippen molar-refractivity contribution in [2.75, 3.05) is 6.54 Å². The van der Waals surface area contributed by atoms with Crippen LogP contribution < -0.4 is 5.73 Å². The van der Waals surface area contributed by atoms with E-state index in [9.17, 15) is 34.8 Å². The average molecular weight is 522 g/mol. The van der Waals surface area contributed by atoms with Crippen molar-refractivity contribution in [2.24, 2.45) is 23.5 Å². The lowest BCUT2D eigenvalue weighted by atomic mass is 9.89. The van der Waals surface area contributed by atoms with Crippen LogP contribution in [0.3, 0.4) is 0 Å². The van der Waals surface area contributed by atoms with Gasteiger partial charge in [-0.1, -0.05) is 46.5 Å². The van der Waals surface area contributed by atoms with Crippen molar-refractivity contribution < 1.29 is 49.8 Å².